The molecule has 0 amide bonds. The summed E-state index contributed by atoms with van der Waals surface area (Å²) in [5.41, 5.74) is 0.954. The van der Waals surface area contributed by atoms with Crippen molar-refractivity contribution in [2.75, 3.05) is 6.16 Å². The lowest BCUT2D eigenvalue weighted by molar-refractivity contribution is -0.0945. The average Bonchev–Trinajstić information content (AvgIpc) is 2.98. The number of fused-ring (bicyclic) bond motifs is 2. The average molecular weight is 535 g/mol. The Morgan fingerprint density at radius 2 is 1.00 bits per heavy atom. The van der Waals surface area contributed by atoms with Crippen LogP contribution in [0.5, 0.6) is 0 Å². The number of rotatable bonds is 7. The minimum absolute atomic E-state index is 0.386. The maximum atomic E-state index is 5.27. The number of hydrogen-bond acceptors (Lipinski definition) is 0. The van der Waals surface area contributed by atoms with E-state index in [4.69, 9.17) is 12.6 Å². The topological polar surface area (TPSA) is 0 Å². The molecular formula is C36H40P2. The van der Waals surface area contributed by atoms with E-state index in [1.54, 1.807) is 0 Å². The van der Waals surface area contributed by atoms with E-state index >= 15 is 0 Å². The molecule has 0 N–H and O–H groups in total. The Hall–Kier alpha value is -2.52. The SMILES string of the molecule is C=P(C[C@@H]1[C@H](P(=C)(c2ccccc2)c2ccccc2)C[C@H]2C[C@@H]1C2(C)C)(c1ccccc1)c1ccccc1. The number of hydrogen-bond donors (Lipinski definition) is 0. The van der Waals surface area contributed by atoms with Gasteiger partial charge in [-0.15, -0.1) is 0 Å². The molecule has 3 fully saturated rings. The molecule has 7 rings (SSSR count). The van der Waals surface area contributed by atoms with Gasteiger partial charge in [0, 0.05) is 0 Å². The first-order valence-electron chi connectivity index (χ1n) is 14.0. The smallest absolute Gasteiger partial charge is 0.0103 e. The molecule has 38 heavy (non-hydrogen) atoms. The van der Waals surface area contributed by atoms with Crippen LogP contribution in [0.25, 0.3) is 0 Å². The minimum Gasteiger partial charge on any atom is -0.0926 e. The molecule has 0 nitrogen and oxygen atoms in total. The second-order valence-corrected chi connectivity index (χ2v) is 19.0. The van der Waals surface area contributed by atoms with E-state index in [-0.39, 0.29) is 0 Å². The Bertz CT molecular complexity index is 1380. The van der Waals surface area contributed by atoms with E-state index in [1.807, 2.05) is 0 Å². The first-order chi connectivity index (χ1) is 18.3. The van der Waals surface area contributed by atoms with E-state index in [0.29, 0.717) is 22.9 Å². The van der Waals surface area contributed by atoms with E-state index in [0.717, 1.165) is 12.1 Å². The maximum absolute atomic E-state index is 5.27. The molecular weight excluding hydrogens is 494 g/mol. The fourth-order valence-corrected chi connectivity index (χ4v) is 15.4. The van der Waals surface area contributed by atoms with Crippen LogP contribution < -0.4 is 21.2 Å². The van der Waals surface area contributed by atoms with Gasteiger partial charge in [-0.05, 0) is 69.0 Å². The maximum Gasteiger partial charge on any atom is -0.0103 e. The molecule has 0 saturated heterocycles. The summed E-state index contributed by atoms with van der Waals surface area (Å²) >= 11 is 0. The summed E-state index contributed by atoms with van der Waals surface area (Å²) in [4.78, 5) is 0. The first-order valence-corrected chi connectivity index (χ1v) is 18.2. The van der Waals surface area contributed by atoms with Gasteiger partial charge >= 0.3 is 0 Å². The molecule has 2 bridgehead atoms. The zero-order chi connectivity index (χ0) is 26.4. The zero-order valence-corrected chi connectivity index (χ0v) is 24.6. The highest BCUT2D eigenvalue weighted by Gasteiger charge is 2.60. The molecule has 0 aromatic heterocycles. The second-order valence-electron chi connectivity index (χ2n) is 12.2. The van der Waals surface area contributed by atoms with Crippen molar-refractivity contribution in [2.24, 2.45) is 23.2 Å². The third kappa shape index (κ3) is 4.13. The third-order valence-electron chi connectivity index (χ3n) is 10.1. The fourth-order valence-electron chi connectivity index (χ4n) is 7.74. The van der Waals surface area contributed by atoms with Crippen LogP contribution in [0.4, 0.5) is 0 Å². The van der Waals surface area contributed by atoms with Gasteiger partial charge in [-0.1, -0.05) is 162 Å². The fraction of sp³-hybridized carbons (Fsp3) is 0.278. The van der Waals surface area contributed by atoms with Crippen LogP contribution in [0, 0.1) is 23.2 Å². The Labute approximate surface area is 230 Å². The summed E-state index contributed by atoms with van der Waals surface area (Å²) in [7, 11) is 0. The van der Waals surface area contributed by atoms with Gasteiger partial charge in [0.15, 0.2) is 0 Å². The van der Waals surface area contributed by atoms with Crippen LogP contribution in [-0.2, 0) is 0 Å². The molecule has 3 aliphatic carbocycles. The summed E-state index contributed by atoms with van der Waals surface area (Å²) in [5, 5.41) is 5.76. The highest BCUT2D eigenvalue weighted by Crippen LogP contribution is 2.70. The van der Waals surface area contributed by atoms with E-state index in [9.17, 15) is 0 Å². The largest absolute Gasteiger partial charge is 0.0926 e. The van der Waals surface area contributed by atoms with Crippen LogP contribution in [0.3, 0.4) is 0 Å². The van der Waals surface area contributed by atoms with Crippen molar-refractivity contribution in [1.29, 1.82) is 0 Å². The molecule has 4 atom stereocenters. The van der Waals surface area contributed by atoms with Crippen molar-refractivity contribution in [3.63, 3.8) is 0 Å². The summed E-state index contributed by atoms with van der Waals surface area (Å²) in [5.74, 6) is 2.09. The number of benzene rings is 4. The lowest BCUT2D eigenvalue weighted by atomic mass is 9.46. The quantitative estimate of drug-likeness (QED) is 0.219. The molecule has 3 saturated carbocycles. The Morgan fingerprint density at radius 1 is 0.605 bits per heavy atom. The van der Waals surface area contributed by atoms with Crippen molar-refractivity contribution in [2.45, 2.75) is 32.3 Å². The van der Waals surface area contributed by atoms with Gasteiger partial charge in [0.1, 0.15) is 0 Å². The predicted molar refractivity (Wildman–Crippen MR) is 175 cm³/mol. The standard InChI is InChI=1S/C36H40P2/c1-36(2)28-25-34(36)33(27-37(3,29-17-9-5-10-18-29)30-19-11-6-12-20-30)35(26-28)38(4,31-21-13-7-14-22-31)32-23-15-8-16-24-32/h5-24,28,33-35H,3-4,25-27H2,1-2H3/t28-,33+,34+,35-/m1/s1. The van der Waals surface area contributed by atoms with Gasteiger partial charge in [-0.2, -0.15) is 0 Å². The van der Waals surface area contributed by atoms with Crippen molar-refractivity contribution in [3.8, 4) is 0 Å². The molecule has 0 spiro atoms. The molecule has 0 aliphatic heterocycles. The third-order valence-corrected chi connectivity index (χ3v) is 17.9. The van der Waals surface area contributed by atoms with Crippen molar-refractivity contribution in [3.05, 3.63) is 121 Å². The van der Waals surface area contributed by atoms with Crippen LogP contribution in [-0.4, -0.2) is 24.4 Å². The zero-order valence-electron chi connectivity index (χ0n) is 22.8. The molecule has 194 valence electrons. The predicted octanol–water partition coefficient (Wildman–Crippen LogP) is 7.24. The normalized spacial score (nSPS) is 24.4. The lowest BCUT2D eigenvalue weighted by Crippen LogP contribution is -2.59. The van der Waals surface area contributed by atoms with Crippen LogP contribution >= 0.6 is 13.8 Å². The first kappa shape index (κ1) is 25.7. The molecule has 0 heterocycles. The van der Waals surface area contributed by atoms with Gasteiger partial charge in [-0.25, -0.2) is 0 Å². The molecule has 2 heteroatoms. The van der Waals surface area contributed by atoms with Gasteiger partial charge < -0.3 is 0 Å². The highest BCUT2D eigenvalue weighted by atomic mass is 31.2. The minimum atomic E-state index is -1.90. The van der Waals surface area contributed by atoms with E-state index in [1.165, 1.54) is 34.1 Å². The molecule has 3 aliphatic rings. The van der Waals surface area contributed by atoms with E-state index < -0.39 is 13.8 Å². The highest BCUT2D eigenvalue weighted by molar-refractivity contribution is 7.88. The van der Waals surface area contributed by atoms with Gasteiger partial charge in [0.2, 0.25) is 0 Å². The Balaban J connectivity index is 1.52. The van der Waals surface area contributed by atoms with E-state index in [2.05, 4.69) is 135 Å². The molecule has 4 aromatic rings. The summed E-state index contributed by atoms with van der Waals surface area (Å²) in [6.07, 6.45) is 14.2. The summed E-state index contributed by atoms with van der Waals surface area (Å²) < 4.78 is 0. The summed E-state index contributed by atoms with van der Waals surface area (Å²) in [6, 6.07) is 45.0. The van der Waals surface area contributed by atoms with Crippen molar-refractivity contribution >= 4 is 47.6 Å². The van der Waals surface area contributed by atoms with Gasteiger partial charge in [0.05, 0.1) is 0 Å². The molecule has 0 radical (unpaired) electrons. The lowest BCUT2D eigenvalue weighted by Gasteiger charge is -2.65. The molecule has 4 aromatic carbocycles. The van der Waals surface area contributed by atoms with Crippen molar-refractivity contribution < 1.29 is 0 Å². The van der Waals surface area contributed by atoms with Gasteiger partial charge in [-0.3, -0.25) is 0 Å². The Morgan fingerprint density at radius 3 is 1.39 bits per heavy atom. The summed E-state index contributed by atoms with van der Waals surface area (Å²) in [6.45, 7) is 1.32. The van der Waals surface area contributed by atoms with Crippen LogP contribution in [0.1, 0.15) is 26.7 Å². The molecule has 0 unspecified atom stereocenters. The monoisotopic (exact) mass is 534 g/mol. The van der Waals surface area contributed by atoms with Crippen LogP contribution in [0.2, 0.25) is 0 Å². The van der Waals surface area contributed by atoms with Crippen LogP contribution in [0.15, 0.2) is 121 Å². The second kappa shape index (κ2) is 9.90. The Kier molecular flexibility index (Phi) is 6.71. The van der Waals surface area contributed by atoms with Crippen molar-refractivity contribution in [1.82, 2.24) is 0 Å². The van der Waals surface area contributed by atoms with Gasteiger partial charge in [0.25, 0.3) is 0 Å².